The number of nitrogens with one attached hydrogen (secondary N) is 3. The lowest BCUT2D eigenvalue weighted by Gasteiger charge is -2.08. The second-order valence-electron chi connectivity index (χ2n) is 6.61. The van der Waals surface area contributed by atoms with Crippen LogP contribution in [0.2, 0.25) is 0 Å². The molecule has 162 valence electrons. The minimum absolute atomic E-state index is 0.152. The number of carbonyl (C=O) groups excluding carboxylic acids is 2. The molecular weight excluding hydrogens is 443 g/mol. The maximum Gasteiger partial charge on any atom is 0.257 e. The Labute approximate surface area is 182 Å². The number of hydrogen-bond donors (Lipinski definition) is 3. The van der Waals surface area contributed by atoms with Gasteiger partial charge in [0, 0.05) is 23.1 Å². The lowest BCUT2D eigenvalue weighted by Crippen LogP contribution is -2.14. The zero-order valence-corrected chi connectivity index (χ0v) is 18.0. The quantitative estimate of drug-likeness (QED) is 0.474. The van der Waals surface area contributed by atoms with E-state index in [-0.39, 0.29) is 12.3 Å². The van der Waals surface area contributed by atoms with E-state index in [0.717, 1.165) is 6.26 Å². The number of thiazole rings is 1. The van der Waals surface area contributed by atoms with Crippen molar-refractivity contribution in [1.82, 2.24) is 4.98 Å². The summed E-state index contributed by atoms with van der Waals surface area (Å²) < 4.78 is 37.9. The van der Waals surface area contributed by atoms with Crippen LogP contribution in [0.5, 0.6) is 0 Å². The summed E-state index contributed by atoms with van der Waals surface area (Å²) in [6.45, 7) is 0. The summed E-state index contributed by atoms with van der Waals surface area (Å²) in [5, 5.41) is 7.46. The van der Waals surface area contributed by atoms with Crippen molar-refractivity contribution in [3.05, 3.63) is 71.0 Å². The summed E-state index contributed by atoms with van der Waals surface area (Å²) in [5.41, 5.74) is 1.76. The van der Waals surface area contributed by atoms with E-state index >= 15 is 0 Å². The molecule has 3 aromatic rings. The summed E-state index contributed by atoms with van der Waals surface area (Å²) in [4.78, 5) is 28.6. The van der Waals surface area contributed by atoms with Gasteiger partial charge in [0.05, 0.1) is 17.6 Å². The number of amides is 2. The van der Waals surface area contributed by atoms with Crippen LogP contribution in [0.3, 0.4) is 0 Å². The molecule has 0 saturated carbocycles. The van der Waals surface area contributed by atoms with E-state index in [0.29, 0.717) is 34.2 Å². The van der Waals surface area contributed by atoms with E-state index in [9.17, 15) is 22.4 Å². The van der Waals surface area contributed by atoms with Gasteiger partial charge in [-0.25, -0.2) is 17.8 Å². The molecule has 11 heteroatoms. The van der Waals surface area contributed by atoms with E-state index in [1.54, 1.807) is 23.6 Å². The summed E-state index contributed by atoms with van der Waals surface area (Å²) >= 11 is 1.22. The molecule has 3 rings (SSSR count). The predicted octanol–water partition coefficient (Wildman–Crippen LogP) is 3.48. The molecular formula is C20H19FN4O4S2. The third-order valence-corrected chi connectivity index (χ3v) is 5.35. The first-order chi connectivity index (χ1) is 14.7. The molecule has 0 saturated heterocycles. The number of hydrogen-bond acceptors (Lipinski definition) is 6. The number of benzene rings is 2. The van der Waals surface area contributed by atoms with Crippen LogP contribution in [0.1, 0.15) is 22.5 Å². The first-order valence-corrected chi connectivity index (χ1v) is 11.8. The molecule has 0 aliphatic carbocycles. The Kier molecular flexibility index (Phi) is 6.98. The zero-order chi connectivity index (χ0) is 22.4. The van der Waals surface area contributed by atoms with Crippen LogP contribution >= 0.6 is 11.3 Å². The van der Waals surface area contributed by atoms with E-state index in [2.05, 4.69) is 20.3 Å². The number of sulfonamides is 1. The highest BCUT2D eigenvalue weighted by molar-refractivity contribution is 7.92. The van der Waals surface area contributed by atoms with E-state index in [1.807, 2.05) is 0 Å². The second-order valence-corrected chi connectivity index (χ2v) is 9.21. The fourth-order valence-corrected chi connectivity index (χ4v) is 3.88. The van der Waals surface area contributed by atoms with E-state index < -0.39 is 21.7 Å². The molecule has 3 N–H and O–H groups in total. The first-order valence-electron chi connectivity index (χ1n) is 9.07. The fraction of sp³-hybridized carbons (Fsp3) is 0.150. The van der Waals surface area contributed by atoms with Crippen LogP contribution in [0.25, 0.3) is 0 Å². The van der Waals surface area contributed by atoms with Crippen molar-refractivity contribution >= 4 is 49.7 Å². The van der Waals surface area contributed by atoms with Gasteiger partial charge in [0.15, 0.2) is 5.13 Å². The molecule has 0 aliphatic heterocycles. The van der Waals surface area contributed by atoms with Crippen molar-refractivity contribution in [2.24, 2.45) is 0 Å². The van der Waals surface area contributed by atoms with Gasteiger partial charge < -0.3 is 5.32 Å². The SMILES string of the molecule is CS(=O)(=O)Nc1cccc(NC(=O)CCc2csc(NC(=O)c3ccc(F)cc3)n2)c1. The molecule has 0 atom stereocenters. The highest BCUT2D eigenvalue weighted by atomic mass is 32.2. The molecule has 31 heavy (non-hydrogen) atoms. The maximum absolute atomic E-state index is 13.0. The maximum atomic E-state index is 13.0. The number of carbonyl (C=O) groups is 2. The molecule has 0 bridgehead atoms. The van der Waals surface area contributed by atoms with Crippen LogP contribution in [0.4, 0.5) is 20.9 Å². The van der Waals surface area contributed by atoms with Gasteiger partial charge in [-0.05, 0) is 48.9 Å². The Morgan fingerprint density at radius 1 is 1.06 bits per heavy atom. The van der Waals surface area contributed by atoms with Gasteiger partial charge >= 0.3 is 0 Å². The molecule has 0 radical (unpaired) electrons. The van der Waals surface area contributed by atoms with Gasteiger partial charge in [0.2, 0.25) is 15.9 Å². The number of aryl methyl sites for hydroxylation is 1. The third kappa shape index (κ3) is 7.15. The topological polar surface area (TPSA) is 117 Å². The molecule has 2 amide bonds. The van der Waals surface area contributed by atoms with Crippen LogP contribution in [0, 0.1) is 5.82 Å². The van der Waals surface area contributed by atoms with Crippen molar-refractivity contribution < 1.29 is 22.4 Å². The van der Waals surface area contributed by atoms with Gasteiger partial charge in [-0.1, -0.05) is 6.07 Å². The van der Waals surface area contributed by atoms with Gasteiger partial charge in [0.25, 0.3) is 5.91 Å². The smallest absolute Gasteiger partial charge is 0.257 e. The van der Waals surface area contributed by atoms with Crippen molar-refractivity contribution in [2.75, 3.05) is 21.6 Å². The molecule has 0 spiro atoms. The Bertz CT molecular complexity index is 1190. The number of nitrogens with zero attached hydrogens (tertiary/aromatic N) is 1. The number of anilines is 3. The first kappa shape index (κ1) is 22.4. The van der Waals surface area contributed by atoms with Crippen LogP contribution in [0.15, 0.2) is 53.9 Å². The minimum atomic E-state index is -3.41. The fourth-order valence-electron chi connectivity index (χ4n) is 2.59. The van der Waals surface area contributed by atoms with Crippen LogP contribution in [-0.2, 0) is 21.2 Å². The Hall–Kier alpha value is -3.31. The molecule has 1 aromatic heterocycles. The summed E-state index contributed by atoms with van der Waals surface area (Å²) in [7, 11) is -3.41. The van der Waals surface area contributed by atoms with Gasteiger partial charge in [-0.2, -0.15) is 0 Å². The number of rotatable bonds is 8. The van der Waals surface area contributed by atoms with E-state index in [4.69, 9.17) is 0 Å². The summed E-state index contributed by atoms with van der Waals surface area (Å²) in [5.74, 6) is -1.09. The largest absolute Gasteiger partial charge is 0.326 e. The minimum Gasteiger partial charge on any atom is -0.326 e. The molecule has 8 nitrogen and oxygen atoms in total. The number of halogens is 1. The Balaban J connectivity index is 1.51. The number of aromatic nitrogens is 1. The van der Waals surface area contributed by atoms with Crippen molar-refractivity contribution in [3.63, 3.8) is 0 Å². The van der Waals surface area contributed by atoms with Crippen LogP contribution < -0.4 is 15.4 Å². The molecule has 0 aliphatic rings. The molecule has 0 fully saturated rings. The van der Waals surface area contributed by atoms with Gasteiger partial charge in [0.1, 0.15) is 5.82 Å². The van der Waals surface area contributed by atoms with Gasteiger partial charge in [-0.3, -0.25) is 19.6 Å². The normalized spacial score (nSPS) is 11.0. The highest BCUT2D eigenvalue weighted by Crippen LogP contribution is 2.19. The average molecular weight is 463 g/mol. The molecule has 0 unspecified atom stereocenters. The second kappa shape index (κ2) is 9.67. The standard InChI is InChI=1S/C20H19FN4O4S2/c1-31(28,29)25-16-4-2-3-15(11-16)22-18(26)10-9-17-12-30-20(23-17)24-19(27)13-5-7-14(21)8-6-13/h2-8,11-12,25H,9-10H2,1H3,(H,22,26)(H,23,24,27). The monoisotopic (exact) mass is 462 g/mol. The predicted molar refractivity (Wildman–Crippen MR) is 118 cm³/mol. The molecule has 2 aromatic carbocycles. The highest BCUT2D eigenvalue weighted by Gasteiger charge is 2.11. The van der Waals surface area contributed by atoms with Gasteiger partial charge in [-0.15, -0.1) is 11.3 Å². The summed E-state index contributed by atoms with van der Waals surface area (Å²) in [6, 6.07) is 11.5. The van der Waals surface area contributed by atoms with Crippen molar-refractivity contribution in [1.29, 1.82) is 0 Å². The van der Waals surface area contributed by atoms with E-state index in [1.165, 1.54) is 41.7 Å². The van der Waals surface area contributed by atoms with Crippen molar-refractivity contribution in [2.45, 2.75) is 12.8 Å². The summed E-state index contributed by atoms with van der Waals surface area (Å²) in [6.07, 6.45) is 1.55. The molecule has 1 heterocycles. The third-order valence-electron chi connectivity index (χ3n) is 3.94. The lowest BCUT2D eigenvalue weighted by molar-refractivity contribution is -0.116. The Morgan fingerprint density at radius 3 is 2.48 bits per heavy atom. The van der Waals surface area contributed by atoms with Crippen molar-refractivity contribution in [3.8, 4) is 0 Å². The average Bonchev–Trinajstić information content (AvgIpc) is 3.13. The lowest BCUT2D eigenvalue weighted by atomic mass is 10.2. The Morgan fingerprint density at radius 2 is 1.77 bits per heavy atom. The zero-order valence-electron chi connectivity index (χ0n) is 16.4. The van der Waals surface area contributed by atoms with Crippen LogP contribution in [-0.4, -0.2) is 31.5 Å².